The number of aliphatic hydroxyl groups is 1. The van der Waals surface area contributed by atoms with Crippen LogP contribution in [0.1, 0.15) is 22.6 Å². The molecule has 3 rings (SSSR count). The molecule has 0 spiro atoms. The van der Waals surface area contributed by atoms with E-state index in [9.17, 15) is 9.66 Å². The first kappa shape index (κ1) is 20.9. The van der Waals surface area contributed by atoms with Gasteiger partial charge >= 0.3 is 0 Å². The molecule has 148 valence electrons. The van der Waals surface area contributed by atoms with Gasteiger partial charge in [0.1, 0.15) is 23.4 Å². The standard InChI is InChI=1S/C21H23ClN2O3S/c1-14-4-3-5-17(10-14)21-24-19(15(2)27-21)12-28(26)13-20(25)23-11-16-6-8-18(22)9-7-16/h3-10,20,23,25H,11-13H2,1-2H3. The molecule has 2 N–H and O–H groups in total. The second-order valence-electron chi connectivity index (χ2n) is 6.67. The molecular formula is C21H23ClN2O3S. The van der Waals surface area contributed by atoms with Crippen molar-refractivity contribution < 1.29 is 14.1 Å². The molecule has 0 fully saturated rings. The summed E-state index contributed by atoms with van der Waals surface area (Å²) in [6.07, 6.45) is -0.875. The Kier molecular flexibility index (Phi) is 7.15. The first-order valence-corrected chi connectivity index (χ1v) is 10.8. The molecule has 7 heteroatoms. The fraction of sp³-hybridized carbons (Fsp3) is 0.286. The highest BCUT2D eigenvalue weighted by atomic mass is 35.5. The first-order chi connectivity index (χ1) is 13.4. The van der Waals surface area contributed by atoms with E-state index in [2.05, 4.69) is 10.3 Å². The Bertz CT molecular complexity index is 914. The van der Waals surface area contributed by atoms with Gasteiger partial charge in [-0.3, -0.25) is 5.32 Å². The fourth-order valence-corrected chi connectivity index (χ4v) is 4.03. The monoisotopic (exact) mass is 418 g/mol. The summed E-state index contributed by atoms with van der Waals surface area (Å²) in [4.78, 5) is 4.50. The molecule has 0 saturated heterocycles. The van der Waals surface area contributed by atoms with Crippen LogP contribution in [-0.2, 0) is 23.5 Å². The summed E-state index contributed by atoms with van der Waals surface area (Å²) < 4.78 is 18.2. The smallest absolute Gasteiger partial charge is 0.226 e. The second kappa shape index (κ2) is 9.58. The van der Waals surface area contributed by atoms with Crippen molar-refractivity contribution >= 4 is 22.8 Å². The van der Waals surface area contributed by atoms with Gasteiger partial charge in [-0.15, -0.1) is 0 Å². The molecule has 1 aromatic heterocycles. The number of nitrogens with zero attached hydrogens (tertiary/aromatic N) is 1. The van der Waals surface area contributed by atoms with Crippen LogP contribution < -0.4 is 5.32 Å². The fourth-order valence-electron chi connectivity index (χ4n) is 2.75. The lowest BCUT2D eigenvalue weighted by Gasteiger charge is -2.16. The molecular weight excluding hydrogens is 396 g/mol. The number of oxazole rings is 1. The van der Waals surface area contributed by atoms with Crippen LogP contribution in [0.5, 0.6) is 0 Å². The molecule has 0 aliphatic carbocycles. The van der Waals surface area contributed by atoms with Crippen molar-refractivity contribution in [2.45, 2.75) is 32.4 Å². The van der Waals surface area contributed by atoms with E-state index in [1.165, 1.54) is 0 Å². The Morgan fingerprint density at radius 3 is 2.68 bits per heavy atom. The van der Waals surface area contributed by atoms with E-state index < -0.39 is 17.4 Å². The second-order valence-corrected chi connectivity index (χ2v) is 8.60. The number of halogens is 1. The number of hydrogen-bond acceptors (Lipinski definition) is 5. The third-order valence-corrected chi connectivity index (χ3v) is 5.79. The van der Waals surface area contributed by atoms with Crippen molar-refractivity contribution in [3.05, 3.63) is 76.1 Å². The molecule has 0 aliphatic heterocycles. The number of aryl methyl sites for hydroxylation is 2. The minimum atomic E-state index is -1.28. The zero-order valence-electron chi connectivity index (χ0n) is 15.8. The number of benzene rings is 2. The zero-order chi connectivity index (χ0) is 20.1. The quantitative estimate of drug-likeness (QED) is 0.427. The maximum absolute atomic E-state index is 12.4. The van der Waals surface area contributed by atoms with E-state index in [0.717, 1.165) is 16.7 Å². The van der Waals surface area contributed by atoms with Crippen molar-refractivity contribution in [2.24, 2.45) is 0 Å². The zero-order valence-corrected chi connectivity index (χ0v) is 17.4. The molecule has 2 atom stereocenters. The highest BCUT2D eigenvalue weighted by Gasteiger charge is 2.20. The number of nitrogens with one attached hydrogen (secondary N) is 1. The van der Waals surface area contributed by atoms with Crippen LogP contribution in [0.25, 0.3) is 11.5 Å². The van der Waals surface area contributed by atoms with E-state index in [1.54, 1.807) is 12.1 Å². The summed E-state index contributed by atoms with van der Waals surface area (Å²) >= 11 is 4.58. The van der Waals surface area contributed by atoms with Gasteiger partial charge in [-0.1, -0.05) is 41.4 Å². The molecule has 0 bridgehead atoms. The molecule has 28 heavy (non-hydrogen) atoms. The molecule has 1 heterocycles. The minimum absolute atomic E-state index is 0.111. The van der Waals surface area contributed by atoms with Crippen molar-refractivity contribution in [2.75, 3.05) is 5.75 Å². The van der Waals surface area contributed by atoms with Crippen LogP contribution in [0.3, 0.4) is 0 Å². The van der Waals surface area contributed by atoms with Gasteiger partial charge in [-0.05, 0) is 54.9 Å². The lowest BCUT2D eigenvalue weighted by molar-refractivity contribution is 0.157. The van der Waals surface area contributed by atoms with E-state index in [-0.39, 0.29) is 11.5 Å². The summed E-state index contributed by atoms with van der Waals surface area (Å²) in [5.74, 6) is 1.52. The maximum Gasteiger partial charge on any atom is 0.226 e. The van der Waals surface area contributed by atoms with Gasteiger partial charge in [-0.2, -0.15) is 0 Å². The summed E-state index contributed by atoms with van der Waals surface area (Å²) in [6.45, 7) is 4.29. The highest BCUT2D eigenvalue weighted by Crippen LogP contribution is 2.23. The molecule has 0 amide bonds. The van der Waals surface area contributed by atoms with Crippen LogP contribution in [0.4, 0.5) is 0 Å². The Morgan fingerprint density at radius 1 is 1.21 bits per heavy atom. The SMILES string of the molecule is Cc1cccc(-c2nc(C[S+]([O-])CC(O)NCc3ccc(Cl)cc3)c(C)o2)c1. The lowest BCUT2D eigenvalue weighted by atomic mass is 10.1. The topological polar surface area (TPSA) is 81.4 Å². The van der Waals surface area contributed by atoms with E-state index >= 15 is 0 Å². The number of aromatic nitrogens is 1. The molecule has 2 aromatic carbocycles. The van der Waals surface area contributed by atoms with Crippen LogP contribution in [0.2, 0.25) is 5.02 Å². The average molecular weight is 419 g/mol. The molecule has 3 aromatic rings. The van der Waals surface area contributed by atoms with E-state index in [4.69, 9.17) is 16.0 Å². The molecule has 0 saturated carbocycles. The van der Waals surface area contributed by atoms with Crippen LogP contribution in [-0.4, -0.2) is 26.6 Å². The van der Waals surface area contributed by atoms with Gasteiger partial charge in [0, 0.05) is 17.1 Å². The number of aliphatic hydroxyl groups excluding tert-OH is 1. The van der Waals surface area contributed by atoms with Crippen molar-refractivity contribution in [1.82, 2.24) is 10.3 Å². The lowest BCUT2D eigenvalue weighted by Crippen LogP contribution is -2.35. The third kappa shape index (κ3) is 5.83. The highest BCUT2D eigenvalue weighted by molar-refractivity contribution is 7.90. The molecule has 5 nitrogen and oxygen atoms in total. The number of rotatable bonds is 8. The normalized spacial score (nSPS) is 13.5. The van der Waals surface area contributed by atoms with Gasteiger partial charge in [0.25, 0.3) is 0 Å². The van der Waals surface area contributed by atoms with Crippen molar-refractivity contribution in [1.29, 1.82) is 0 Å². The van der Waals surface area contributed by atoms with Crippen molar-refractivity contribution in [3.8, 4) is 11.5 Å². The number of hydrogen-bond donors (Lipinski definition) is 2. The summed E-state index contributed by atoms with van der Waals surface area (Å²) in [7, 11) is 0. The predicted octanol–water partition coefficient (Wildman–Crippen LogP) is 3.97. The van der Waals surface area contributed by atoms with Gasteiger partial charge in [0.05, 0.1) is 0 Å². The van der Waals surface area contributed by atoms with E-state index in [0.29, 0.717) is 28.9 Å². The van der Waals surface area contributed by atoms with Crippen LogP contribution in [0, 0.1) is 13.8 Å². The van der Waals surface area contributed by atoms with Crippen LogP contribution in [0.15, 0.2) is 52.9 Å². The van der Waals surface area contributed by atoms with Crippen molar-refractivity contribution in [3.63, 3.8) is 0 Å². The van der Waals surface area contributed by atoms with Crippen LogP contribution >= 0.6 is 11.6 Å². The molecule has 0 radical (unpaired) electrons. The summed E-state index contributed by atoms with van der Waals surface area (Å²) in [5, 5.41) is 13.8. The van der Waals surface area contributed by atoms with Gasteiger partial charge in [0.15, 0.2) is 5.75 Å². The summed E-state index contributed by atoms with van der Waals surface area (Å²) in [5.41, 5.74) is 3.65. The van der Waals surface area contributed by atoms with E-state index in [1.807, 2.05) is 50.2 Å². The third-order valence-electron chi connectivity index (χ3n) is 4.25. The largest absolute Gasteiger partial charge is 0.616 e. The van der Waals surface area contributed by atoms with Gasteiger partial charge in [-0.25, -0.2) is 4.98 Å². The molecule has 2 unspecified atom stereocenters. The predicted molar refractivity (Wildman–Crippen MR) is 112 cm³/mol. The Labute approximate surface area is 172 Å². The minimum Gasteiger partial charge on any atom is -0.616 e. The Hall–Kier alpha value is -1.83. The van der Waals surface area contributed by atoms with Gasteiger partial charge in [0.2, 0.25) is 5.89 Å². The van der Waals surface area contributed by atoms with Gasteiger partial charge < -0.3 is 14.1 Å². The average Bonchev–Trinajstić information content (AvgIpc) is 3.01. The Balaban J connectivity index is 1.54. The maximum atomic E-state index is 12.4. The first-order valence-electron chi connectivity index (χ1n) is 8.95. The summed E-state index contributed by atoms with van der Waals surface area (Å²) in [6, 6.07) is 15.2. The Morgan fingerprint density at radius 2 is 1.96 bits per heavy atom. The molecule has 0 aliphatic rings.